The fourth-order valence-corrected chi connectivity index (χ4v) is 2.03. The topological polar surface area (TPSA) is 41.5 Å². The SMILES string of the molecule is Oc1ccc(CNCCC2CCCO2)cc1F. The molecule has 0 saturated carbocycles. The predicted molar refractivity (Wildman–Crippen MR) is 63.4 cm³/mol. The molecule has 2 rings (SSSR count). The van der Waals surface area contributed by atoms with Gasteiger partial charge in [-0.3, -0.25) is 0 Å². The van der Waals surface area contributed by atoms with Crippen LogP contribution in [0, 0.1) is 5.82 Å². The summed E-state index contributed by atoms with van der Waals surface area (Å²) in [6, 6.07) is 4.46. The molecule has 0 aliphatic carbocycles. The Morgan fingerprint density at radius 1 is 1.47 bits per heavy atom. The number of hydrogen-bond acceptors (Lipinski definition) is 3. The maximum absolute atomic E-state index is 13.0. The van der Waals surface area contributed by atoms with Gasteiger partial charge in [0.2, 0.25) is 0 Å². The highest BCUT2D eigenvalue weighted by Gasteiger charge is 2.14. The zero-order valence-corrected chi connectivity index (χ0v) is 9.79. The minimum absolute atomic E-state index is 0.298. The van der Waals surface area contributed by atoms with Gasteiger partial charge in [-0.1, -0.05) is 6.07 Å². The van der Waals surface area contributed by atoms with Crippen molar-refractivity contribution in [2.24, 2.45) is 0 Å². The summed E-state index contributed by atoms with van der Waals surface area (Å²) in [7, 11) is 0. The van der Waals surface area contributed by atoms with Gasteiger partial charge in [0, 0.05) is 13.2 Å². The van der Waals surface area contributed by atoms with Crippen molar-refractivity contribution in [3.8, 4) is 5.75 Å². The van der Waals surface area contributed by atoms with Crippen molar-refractivity contribution in [2.45, 2.75) is 31.9 Å². The summed E-state index contributed by atoms with van der Waals surface area (Å²) >= 11 is 0. The second kappa shape index (κ2) is 5.98. The molecule has 1 saturated heterocycles. The first kappa shape index (κ1) is 12.3. The van der Waals surface area contributed by atoms with E-state index in [1.54, 1.807) is 6.07 Å². The van der Waals surface area contributed by atoms with Crippen LogP contribution in [0.1, 0.15) is 24.8 Å². The van der Waals surface area contributed by atoms with Crippen LogP contribution in [0.25, 0.3) is 0 Å². The third-order valence-electron chi connectivity index (χ3n) is 3.01. The molecule has 0 aromatic heterocycles. The summed E-state index contributed by atoms with van der Waals surface area (Å²) in [5.74, 6) is -0.864. The van der Waals surface area contributed by atoms with E-state index in [-0.39, 0.29) is 5.75 Å². The fraction of sp³-hybridized carbons (Fsp3) is 0.538. The number of ether oxygens (including phenoxy) is 1. The van der Waals surface area contributed by atoms with E-state index in [9.17, 15) is 4.39 Å². The van der Waals surface area contributed by atoms with E-state index >= 15 is 0 Å². The second-order valence-electron chi connectivity index (χ2n) is 4.39. The van der Waals surface area contributed by atoms with Crippen LogP contribution in [-0.4, -0.2) is 24.4 Å². The molecule has 94 valence electrons. The van der Waals surface area contributed by atoms with Crippen molar-refractivity contribution in [3.63, 3.8) is 0 Å². The number of aromatic hydroxyl groups is 1. The van der Waals surface area contributed by atoms with Crippen LogP contribution in [0.2, 0.25) is 0 Å². The molecule has 4 heteroatoms. The van der Waals surface area contributed by atoms with Gasteiger partial charge in [-0.2, -0.15) is 0 Å². The monoisotopic (exact) mass is 239 g/mol. The zero-order chi connectivity index (χ0) is 12.1. The van der Waals surface area contributed by atoms with Crippen molar-refractivity contribution in [1.82, 2.24) is 5.32 Å². The lowest BCUT2D eigenvalue weighted by Crippen LogP contribution is -2.19. The Bertz CT molecular complexity index is 364. The van der Waals surface area contributed by atoms with Crippen LogP contribution in [0.5, 0.6) is 5.75 Å². The van der Waals surface area contributed by atoms with E-state index in [0.717, 1.165) is 38.0 Å². The normalized spacial score (nSPS) is 19.7. The summed E-state index contributed by atoms with van der Waals surface area (Å²) in [5.41, 5.74) is 0.840. The Balaban J connectivity index is 1.68. The molecule has 1 unspecified atom stereocenters. The van der Waals surface area contributed by atoms with Gasteiger partial charge in [-0.15, -0.1) is 0 Å². The molecule has 0 amide bonds. The lowest BCUT2D eigenvalue weighted by Gasteiger charge is -2.10. The summed E-state index contributed by atoms with van der Waals surface area (Å²) in [4.78, 5) is 0. The highest BCUT2D eigenvalue weighted by atomic mass is 19.1. The first-order valence-corrected chi connectivity index (χ1v) is 6.05. The molecular formula is C13H18FNO2. The van der Waals surface area contributed by atoms with Gasteiger partial charge in [0.05, 0.1) is 6.10 Å². The van der Waals surface area contributed by atoms with Crippen LogP contribution in [-0.2, 0) is 11.3 Å². The molecule has 1 aliphatic rings. The van der Waals surface area contributed by atoms with Crippen molar-refractivity contribution in [2.75, 3.05) is 13.2 Å². The molecule has 0 radical (unpaired) electrons. The lowest BCUT2D eigenvalue weighted by atomic mass is 10.1. The second-order valence-corrected chi connectivity index (χ2v) is 4.39. The molecule has 1 atom stereocenters. The Kier molecular flexibility index (Phi) is 4.34. The molecule has 1 aliphatic heterocycles. The maximum Gasteiger partial charge on any atom is 0.165 e. The van der Waals surface area contributed by atoms with Crippen molar-refractivity contribution < 1.29 is 14.2 Å². The van der Waals surface area contributed by atoms with Crippen molar-refractivity contribution in [1.29, 1.82) is 0 Å². The van der Waals surface area contributed by atoms with Gasteiger partial charge in [0.25, 0.3) is 0 Å². The Morgan fingerprint density at radius 3 is 3.06 bits per heavy atom. The summed E-state index contributed by atoms with van der Waals surface area (Å²) in [6.45, 7) is 2.37. The zero-order valence-electron chi connectivity index (χ0n) is 9.79. The van der Waals surface area contributed by atoms with Gasteiger partial charge in [0.1, 0.15) is 0 Å². The molecule has 1 aromatic rings. The Labute approximate surface area is 101 Å². The molecule has 3 nitrogen and oxygen atoms in total. The van der Waals surface area contributed by atoms with Crippen molar-refractivity contribution >= 4 is 0 Å². The average Bonchev–Trinajstić information content (AvgIpc) is 2.82. The van der Waals surface area contributed by atoms with Crippen LogP contribution >= 0.6 is 0 Å². The fourth-order valence-electron chi connectivity index (χ4n) is 2.03. The standard InChI is InChI=1S/C13H18FNO2/c14-12-8-10(3-4-13(12)16)9-15-6-5-11-2-1-7-17-11/h3-4,8,11,15-16H,1-2,5-7,9H2. The highest BCUT2D eigenvalue weighted by Crippen LogP contribution is 2.16. The quantitative estimate of drug-likeness (QED) is 0.774. The molecular weight excluding hydrogens is 221 g/mol. The van der Waals surface area contributed by atoms with Crippen molar-refractivity contribution in [3.05, 3.63) is 29.6 Å². The van der Waals surface area contributed by atoms with E-state index in [1.165, 1.54) is 12.1 Å². The third kappa shape index (κ3) is 3.68. The average molecular weight is 239 g/mol. The van der Waals surface area contributed by atoms with E-state index < -0.39 is 5.82 Å². The Morgan fingerprint density at radius 2 is 2.35 bits per heavy atom. The lowest BCUT2D eigenvalue weighted by molar-refractivity contribution is 0.104. The highest BCUT2D eigenvalue weighted by molar-refractivity contribution is 5.27. The van der Waals surface area contributed by atoms with Gasteiger partial charge in [-0.25, -0.2) is 4.39 Å². The van der Waals surface area contributed by atoms with Crippen LogP contribution in [0.15, 0.2) is 18.2 Å². The maximum atomic E-state index is 13.0. The van der Waals surface area contributed by atoms with E-state index in [4.69, 9.17) is 9.84 Å². The van der Waals surface area contributed by atoms with E-state index in [2.05, 4.69) is 5.32 Å². The summed E-state index contributed by atoms with van der Waals surface area (Å²) in [6.07, 6.45) is 3.70. The van der Waals surface area contributed by atoms with Gasteiger partial charge in [0.15, 0.2) is 11.6 Å². The number of benzene rings is 1. The summed E-state index contributed by atoms with van der Waals surface area (Å²) in [5, 5.41) is 12.3. The largest absolute Gasteiger partial charge is 0.505 e. The third-order valence-corrected chi connectivity index (χ3v) is 3.01. The molecule has 1 heterocycles. The molecule has 2 N–H and O–H groups in total. The van der Waals surface area contributed by atoms with Gasteiger partial charge < -0.3 is 15.2 Å². The molecule has 1 aromatic carbocycles. The number of rotatable bonds is 5. The molecule has 17 heavy (non-hydrogen) atoms. The summed E-state index contributed by atoms with van der Waals surface area (Å²) < 4.78 is 18.5. The molecule has 0 spiro atoms. The first-order chi connectivity index (χ1) is 8.25. The minimum Gasteiger partial charge on any atom is -0.505 e. The molecule has 0 bridgehead atoms. The van der Waals surface area contributed by atoms with Crippen LogP contribution in [0.4, 0.5) is 4.39 Å². The smallest absolute Gasteiger partial charge is 0.165 e. The van der Waals surface area contributed by atoms with Crippen LogP contribution in [0.3, 0.4) is 0 Å². The minimum atomic E-state index is -0.566. The number of hydrogen-bond donors (Lipinski definition) is 2. The number of nitrogens with one attached hydrogen (secondary N) is 1. The van der Waals surface area contributed by atoms with Gasteiger partial charge in [-0.05, 0) is 43.5 Å². The van der Waals surface area contributed by atoms with E-state index in [0.29, 0.717) is 12.6 Å². The Hall–Kier alpha value is -1.13. The predicted octanol–water partition coefficient (Wildman–Crippen LogP) is 2.19. The first-order valence-electron chi connectivity index (χ1n) is 6.05. The molecule has 1 fully saturated rings. The van der Waals surface area contributed by atoms with Gasteiger partial charge >= 0.3 is 0 Å². The number of phenolic OH excluding ortho intramolecular Hbond substituents is 1. The number of phenols is 1. The van der Waals surface area contributed by atoms with E-state index in [1.807, 2.05) is 0 Å². The number of halogens is 1. The van der Waals surface area contributed by atoms with Crippen LogP contribution < -0.4 is 5.32 Å².